The van der Waals surface area contributed by atoms with Crippen molar-refractivity contribution in [1.82, 2.24) is 14.8 Å². The monoisotopic (exact) mass is 588 g/mol. The lowest BCUT2D eigenvalue weighted by atomic mass is 10.1. The van der Waals surface area contributed by atoms with Crippen molar-refractivity contribution in [2.75, 3.05) is 20.3 Å². The van der Waals surface area contributed by atoms with Crippen molar-refractivity contribution in [1.29, 1.82) is 0 Å². The van der Waals surface area contributed by atoms with Gasteiger partial charge in [0.05, 0.1) is 13.7 Å². The molecule has 0 N–H and O–H groups in total. The van der Waals surface area contributed by atoms with Gasteiger partial charge < -0.3 is 14.2 Å². The molecule has 0 spiro atoms. The van der Waals surface area contributed by atoms with E-state index < -0.39 is 5.25 Å². The molecule has 0 bridgehead atoms. The molecule has 0 aliphatic rings. The fourth-order valence-electron chi connectivity index (χ4n) is 3.85. The Morgan fingerprint density at radius 1 is 1.03 bits per heavy atom. The highest BCUT2D eigenvalue weighted by molar-refractivity contribution is 7.99. The third-order valence-corrected chi connectivity index (χ3v) is 7.49. The van der Waals surface area contributed by atoms with Gasteiger partial charge in [0.2, 0.25) is 6.54 Å². The summed E-state index contributed by atoms with van der Waals surface area (Å²) < 4.78 is 18.9. The van der Waals surface area contributed by atoms with Crippen molar-refractivity contribution in [3.05, 3.63) is 97.8 Å². The maximum atomic E-state index is 11.6. The minimum absolute atomic E-state index is 0.198. The number of aryl methyl sites for hydroxylation is 1. The second-order valence-electron chi connectivity index (χ2n) is 8.35. The molecule has 4 aromatic rings. The molecule has 1 aromatic heterocycles. The number of nitro groups is 1. The molecule has 0 radical (unpaired) electrons. The molecule has 4 rings (SSSR count). The van der Waals surface area contributed by atoms with Crippen LogP contribution in [0.2, 0.25) is 10.0 Å². The second kappa shape index (κ2) is 13.1. The van der Waals surface area contributed by atoms with Crippen LogP contribution in [-0.2, 0) is 6.61 Å². The summed E-state index contributed by atoms with van der Waals surface area (Å²) in [7, 11) is 1.52. The molecule has 0 amide bonds. The van der Waals surface area contributed by atoms with E-state index in [1.54, 1.807) is 36.4 Å². The topological polar surface area (TPSA) is 102 Å². The van der Waals surface area contributed by atoms with Crippen LogP contribution in [0.15, 0.2) is 65.8 Å². The van der Waals surface area contributed by atoms with E-state index in [1.165, 1.54) is 18.9 Å². The first-order chi connectivity index (χ1) is 18.8. The standard InChI is InChI=1S/C27H26Cl2N4O5S/c1-4-37-22-10-8-21(9-11-22)33-17(2)30-31-27(33)39-26(15-32(34)35)18-6-12-24(25(13-18)36-3)38-16-19-5-7-20(28)14-23(19)29/h5-14,26H,4,15-16H2,1-3H3/t26-/m1/s1. The van der Waals surface area contributed by atoms with Crippen molar-refractivity contribution >= 4 is 35.0 Å². The summed E-state index contributed by atoms with van der Waals surface area (Å²) in [6.45, 7) is 4.19. The van der Waals surface area contributed by atoms with Crippen molar-refractivity contribution in [2.45, 2.75) is 30.9 Å². The minimum Gasteiger partial charge on any atom is -0.494 e. The van der Waals surface area contributed by atoms with Gasteiger partial charge in [-0.2, -0.15) is 0 Å². The number of nitrogens with zero attached hydrogens (tertiary/aromatic N) is 4. The summed E-state index contributed by atoms with van der Waals surface area (Å²) in [4.78, 5) is 11.3. The fourth-order valence-corrected chi connectivity index (χ4v) is 5.47. The van der Waals surface area contributed by atoms with Crippen LogP contribution in [0, 0.1) is 17.0 Å². The van der Waals surface area contributed by atoms with Crippen LogP contribution >= 0.6 is 35.0 Å². The van der Waals surface area contributed by atoms with E-state index in [2.05, 4.69) is 10.2 Å². The van der Waals surface area contributed by atoms with Gasteiger partial charge in [-0.1, -0.05) is 47.1 Å². The van der Waals surface area contributed by atoms with Crippen LogP contribution in [0.1, 0.15) is 29.1 Å². The van der Waals surface area contributed by atoms with Crippen molar-refractivity contribution in [3.8, 4) is 22.9 Å². The van der Waals surface area contributed by atoms with Crippen LogP contribution in [-0.4, -0.2) is 39.9 Å². The normalized spacial score (nSPS) is 11.7. The lowest BCUT2D eigenvalue weighted by molar-refractivity contribution is -0.479. The Labute approximate surface area is 240 Å². The van der Waals surface area contributed by atoms with Crippen LogP contribution in [0.5, 0.6) is 17.2 Å². The first-order valence-corrected chi connectivity index (χ1v) is 13.6. The zero-order valence-electron chi connectivity index (χ0n) is 21.5. The first kappa shape index (κ1) is 28.5. The largest absolute Gasteiger partial charge is 0.494 e. The van der Waals surface area contributed by atoms with Gasteiger partial charge in [0, 0.05) is 26.2 Å². The Morgan fingerprint density at radius 2 is 1.79 bits per heavy atom. The molecule has 39 heavy (non-hydrogen) atoms. The molecule has 9 nitrogen and oxygen atoms in total. The number of benzene rings is 3. The Kier molecular flexibility index (Phi) is 9.55. The molecule has 0 aliphatic carbocycles. The molecular weight excluding hydrogens is 563 g/mol. The molecule has 0 unspecified atom stereocenters. The summed E-state index contributed by atoms with van der Waals surface area (Å²) in [5.74, 6) is 2.32. The Bertz CT molecular complexity index is 1450. The Hall–Kier alpha value is -3.47. The number of rotatable bonds is 12. The van der Waals surface area contributed by atoms with Crippen LogP contribution in [0.4, 0.5) is 0 Å². The van der Waals surface area contributed by atoms with Gasteiger partial charge in [-0.25, -0.2) is 0 Å². The summed E-state index contributed by atoms with van der Waals surface area (Å²) >= 11 is 13.5. The van der Waals surface area contributed by atoms with Gasteiger partial charge in [-0.15, -0.1) is 10.2 Å². The fraction of sp³-hybridized carbons (Fsp3) is 0.259. The summed E-state index contributed by atoms with van der Waals surface area (Å²) in [5, 5.41) is 21.1. The zero-order chi connectivity index (χ0) is 27.9. The molecule has 0 saturated carbocycles. The third-order valence-electron chi connectivity index (χ3n) is 5.72. The molecule has 1 atom stereocenters. The molecule has 3 aromatic carbocycles. The van der Waals surface area contributed by atoms with E-state index in [-0.39, 0.29) is 18.1 Å². The Balaban J connectivity index is 1.59. The second-order valence-corrected chi connectivity index (χ2v) is 10.4. The number of hydrogen-bond acceptors (Lipinski definition) is 8. The van der Waals surface area contributed by atoms with E-state index in [0.717, 1.165) is 17.0 Å². The Morgan fingerprint density at radius 3 is 2.46 bits per heavy atom. The molecule has 204 valence electrons. The van der Waals surface area contributed by atoms with Crippen molar-refractivity contribution in [3.63, 3.8) is 0 Å². The average Bonchev–Trinajstić information content (AvgIpc) is 3.27. The summed E-state index contributed by atoms with van der Waals surface area (Å²) in [6.07, 6.45) is 0. The van der Waals surface area contributed by atoms with E-state index in [9.17, 15) is 10.1 Å². The summed E-state index contributed by atoms with van der Waals surface area (Å²) in [5.41, 5.74) is 2.27. The van der Waals surface area contributed by atoms with Gasteiger partial charge in [0.1, 0.15) is 23.4 Å². The van der Waals surface area contributed by atoms with Crippen LogP contribution in [0.3, 0.4) is 0 Å². The SMILES string of the molecule is CCOc1ccc(-n2c(C)nnc2S[C@H](C[N+](=O)[O-])c2ccc(OCc3ccc(Cl)cc3Cl)c(OC)c2)cc1. The van der Waals surface area contributed by atoms with Gasteiger partial charge in [0.25, 0.3) is 0 Å². The predicted molar refractivity (Wildman–Crippen MR) is 152 cm³/mol. The van der Waals surface area contributed by atoms with E-state index in [0.29, 0.717) is 44.7 Å². The molecule has 12 heteroatoms. The number of thioether (sulfide) groups is 1. The lowest BCUT2D eigenvalue weighted by Crippen LogP contribution is -2.11. The van der Waals surface area contributed by atoms with E-state index >= 15 is 0 Å². The van der Waals surface area contributed by atoms with Crippen molar-refractivity contribution < 1.29 is 19.1 Å². The van der Waals surface area contributed by atoms with E-state index in [1.807, 2.05) is 42.7 Å². The number of hydrogen-bond donors (Lipinski definition) is 0. The molecule has 0 fully saturated rings. The number of ether oxygens (including phenoxy) is 3. The smallest absolute Gasteiger partial charge is 0.220 e. The van der Waals surface area contributed by atoms with Gasteiger partial charge in [-0.3, -0.25) is 14.7 Å². The minimum atomic E-state index is -0.571. The number of halogens is 2. The lowest BCUT2D eigenvalue weighted by Gasteiger charge is -2.17. The molecule has 0 aliphatic heterocycles. The van der Waals surface area contributed by atoms with Gasteiger partial charge in [0.15, 0.2) is 16.7 Å². The molecule has 0 saturated heterocycles. The van der Waals surface area contributed by atoms with Crippen LogP contribution < -0.4 is 14.2 Å². The highest BCUT2D eigenvalue weighted by atomic mass is 35.5. The highest BCUT2D eigenvalue weighted by Crippen LogP contribution is 2.40. The first-order valence-electron chi connectivity index (χ1n) is 12.0. The summed E-state index contributed by atoms with van der Waals surface area (Å²) in [6, 6.07) is 18.0. The molecular formula is C27H26Cl2N4O5S. The highest BCUT2D eigenvalue weighted by Gasteiger charge is 2.25. The third kappa shape index (κ3) is 7.14. The van der Waals surface area contributed by atoms with Gasteiger partial charge in [-0.05, 0) is 67.9 Å². The van der Waals surface area contributed by atoms with Gasteiger partial charge >= 0.3 is 0 Å². The predicted octanol–water partition coefficient (Wildman–Crippen LogP) is 6.98. The zero-order valence-corrected chi connectivity index (χ0v) is 23.8. The van der Waals surface area contributed by atoms with Crippen molar-refractivity contribution in [2.24, 2.45) is 0 Å². The van der Waals surface area contributed by atoms with E-state index in [4.69, 9.17) is 37.4 Å². The number of aromatic nitrogens is 3. The van der Waals surface area contributed by atoms with Crippen LogP contribution in [0.25, 0.3) is 5.69 Å². The average molecular weight is 590 g/mol. The maximum absolute atomic E-state index is 11.6. The number of methoxy groups -OCH3 is 1. The quantitative estimate of drug-likeness (QED) is 0.0991. The molecule has 1 heterocycles. The maximum Gasteiger partial charge on any atom is 0.220 e.